The molecule has 1 aliphatic rings. The van der Waals surface area contributed by atoms with Crippen molar-refractivity contribution in [3.05, 3.63) is 113 Å². The Kier molecular flexibility index (Phi) is 5.02. The van der Waals surface area contributed by atoms with Gasteiger partial charge in [-0.15, -0.1) is 0 Å². The van der Waals surface area contributed by atoms with Crippen LogP contribution in [0.15, 0.2) is 90.8 Å². The average molecular weight is 434 g/mol. The smallest absolute Gasteiger partial charge is 0.300 e. The Balaban J connectivity index is 1.77. The average Bonchev–Trinajstić information content (AvgIpc) is 3.11. The summed E-state index contributed by atoms with van der Waals surface area (Å²) in [6.45, 7) is 3.96. The predicted molar refractivity (Wildman–Crippen MR) is 129 cm³/mol. The first-order valence-electron chi connectivity index (χ1n) is 10.7. The monoisotopic (exact) mass is 434 g/mol. The molecule has 1 fully saturated rings. The molecule has 1 atom stereocenters. The highest BCUT2D eigenvalue weighted by atomic mass is 16.3. The van der Waals surface area contributed by atoms with Gasteiger partial charge >= 0.3 is 0 Å². The molecule has 1 saturated heterocycles. The lowest BCUT2D eigenvalue weighted by atomic mass is 9.93. The summed E-state index contributed by atoms with van der Waals surface area (Å²) in [7, 11) is 0. The molecule has 1 aromatic heterocycles. The number of Topliss-reactive ketones (excluding diaryl/α,β-unsaturated/α-hetero) is 1. The van der Waals surface area contributed by atoms with Crippen LogP contribution in [0.2, 0.25) is 0 Å². The Morgan fingerprint density at radius 1 is 0.879 bits per heavy atom. The van der Waals surface area contributed by atoms with Gasteiger partial charge in [0.15, 0.2) is 0 Å². The molecule has 5 nitrogen and oxygen atoms in total. The Bertz CT molecular complexity index is 1440. The number of aliphatic hydroxyl groups is 1. The van der Waals surface area contributed by atoms with Crippen LogP contribution < -0.4 is 4.90 Å². The van der Waals surface area contributed by atoms with Crippen LogP contribution in [0.25, 0.3) is 16.5 Å². The van der Waals surface area contributed by atoms with Crippen molar-refractivity contribution in [1.82, 2.24) is 4.98 Å². The largest absolute Gasteiger partial charge is 0.507 e. The molecule has 0 saturated carbocycles. The summed E-state index contributed by atoms with van der Waals surface area (Å²) < 4.78 is 0. The van der Waals surface area contributed by atoms with E-state index in [1.807, 2.05) is 68.4 Å². The van der Waals surface area contributed by atoms with E-state index < -0.39 is 17.7 Å². The molecule has 0 bridgehead atoms. The molecule has 1 N–H and O–H groups in total. The van der Waals surface area contributed by atoms with Crippen LogP contribution in [0.3, 0.4) is 0 Å². The Hall–Kier alpha value is -4.25. The maximum Gasteiger partial charge on any atom is 0.300 e. The summed E-state index contributed by atoms with van der Waals surface area (Å²) in [4.78, 5) is 32.2. The Labute approximate surface area is 191 Å². The van der Waals surface area contributed by atoms with Gasteiger partial charge in [-0.05, 0) is 65.6 Å². The van der Waals surface area contributed by atoms with Crippen LogP contribution in [0.5, 0.6) is 0 Å². The molecular formula is C28H22N2O3. The van der Waals surface area contributed by atoms with E-state index in [0.717, 1.165) is 21.9 Å². The molecule has 3 aromatic carbocycles. The van der Waals surface area contributed by atoms with E-state index in [9.17, 15) is 14.7 Å². The predicted octanol–water partition coefficient (Wildman–Crippen LogP) is 5.48. The Morgan fingerprint density at radius 2 is 1.61 bits per heavy atom. The van der Waals surface area contributed by atoms with E-state index in [2.05, 4.69) is 4.98 Å². The van der Waals surface area contributed by atoms with E-state index >= 15 is 0 Å². The van der Waals surface area contributed by atoms with Crippen molar-refractivity contribution in [3.8, 4) is 0 Å². The van der Waals surface area contributed by atoms with Gasteiger partial charge in [0.1, 0.15) is 5.76 Å². The van der Waals surface area contributed by atoms with Crippen LogP contribution >= 0.6 is 0 Å². The summed E-state index contributed by atoms with van der Waals surface area (Å²) in [5, 5.41) is 13.2. The highest BCUT2D eigenvalue weighted by molar-refractivity contribution is 6.51. The van der Waals surface area contributed by atoms with Gasteiger partial charge in [0, 0.05) is 23.6 Å². The summed E-state index contributed by atoms with van der Waals surface area (Å²) in [5.74, 6) is -1.55. The second kappa shape index (κ2) is 8.02. The number of aryl methyl sites for hydroxylation is 2. The lowest BCUT2D eigenvalue weighted by molar-refractivity contribution is -0.132. The highest BCUT2D eigenvalue weighted by Crippen LogP contribution is 2.43. The molecule has 2 heterocycles. The fourth-order valence-electron chi connectivity index (χ4n) is 4.41. The van der Waals surface area contributed by atoms with Crippen molar-refractivity contribution in [2.75, 3.05) is 4.90 Å². The summed E-state index contributed by atoms with van der Waals surface area (Å²) in [6.07, 6.45) is 3.24. The fourth-order valence-corrected chi connectivity index (χ4v) is 4.41. The maximum absolute atomic E-state index is 13.4. The lowest BCUT2D eigenvalue weighted by Gasteiger charge is -2.26. The lowest BCUT2D eigenvalue weighted by Crippen LogP contribution is -2.29. The minimum atomic E-state index is -0.769. The van der Waals surface area contributed by atoms with Crippen molar-refractivity contribution in [2.24, 2.45) is 0 Å². The zero-order valence-electron chi connectivity index (χ0n) is 18.3. The number of fused-ring (bicyclic) bond motifs is 1. The number of benzene rings is 3. The molecule has 33 heavy (non-hydrogen) atoms. The molecule has 5 rings (SSSR count). The van der Waals surface area contributed by atoms with E-state index in [1.54, 1.807) is 30.6 Å². The molecular weight excluding hydrogens is 412 g/mol. The molecule has 1 unspecified atom stereocenters. The van der Waals surface area contributed by atoms with Crippen LogP contribution in [-0.4, -0.2) is 21.8 Å². The number of carbonyl (C=O) groups excluding carboxylic acids is 2. The number of anilines is 1. The number of rotatable bonds is 3. The van der Waals surface area contributed by atoms with Gasteiger partial charge < -0.3 is 5.11 Å². The Morgan fingerprint density at radius 3 is 2.36 bits per heavy atom. The summed E-state index contributed by atoms with van der Waals surface area (Å²) in [5.41, 5.74) is 4.00. The van der Waals surface area contributed by atoms with Gasteiger partial charge in [-0.3, -0.25) is 19.5 Å². The number of aliphatic hydroxyl groups excluding tert-OH is 1. The van der Waals surface area contributed by atoms with Gasteiger partial charge in [-0.1, -0.05) is 48.5 Å². The number of amides is 1. The van der Waals surface area contributed by atoms with Crippen molar-refractivity contribution >= 4 is 33.9 Å². The molecule has 0 spiro atoms. The maximum atomic E-state index is 13.4. The molecule has 1 aliphatic heterocycles. The molecule has 162 valence electrons. The molecule has 0 aliphatic carbocycles. The number of pyridine rings is 1. The number of aromatic nitrogens is 1. The van der Waals surface area contributed by atoms with E-state index in [4.69, 9.17) is 0 Å². The van der Waals surface area contributed by atoms with Crippen LogP contribution in [0.4, 0.5) is 5.69 Å². The van der Waals surface area contributed by atoms with E-state index in [-0.39, 0.29) is 11.3 Å². The second-order valence-corrected chi connectivity index (χ2v) is 8.24. The first-order chi connectivity index (χ1) is 16.0. The number of carbonyl (C=O) groups is 2. The summed E-state index contributed by atoms with van der Waals surface area (Å²) >= 11 is 0. The third-order valence-electron chi connectivity index (χ3n) is 6.28. The highest BCUT2D eigenvalue weighted by Gasteiger charge is 2.47. The number of ketones is 1. The first-order valence-corrected chi connectivity index (χ1v) is 10.7. The SMILES string of the molecule is Cc1ccc(N2C(=O)C(=O)/C(=C(\O)c3cccc4ccccc34)C2c2ccncc2)cc1C. The van der Waals surface area contributed by atoms with Gasteiger partial charge in [0.05, 0.1) is 11.6 Å². The van der Waals surface area contributed by atoms with Crippen LogP contribution in [0.1, 0.15) is 28.3 Å². The van der Waals surface area contributed by atoms with E-state index in [0.29, 0.717) is 16.8 Å². The minimum Gasteiger partial charge on any atom is -0.507 e. The quantitative estimate of drug-likeness (QED) is 0.263. The molecule has 4 aromatic rings. The topological polar surface area (TPSA) is 70.5 Å². The van der Waals surface area contributed by atoms with Gasteiger partial charge in [-0.25, -0.2) is 0 Å². The van der Waals surface area contributed by atoms with Crippen molar-refractivity contribution in [2.45, 2.75) is 19.9 Å². The first kappa shape index (κ1) is 20.6. The fraction of sp³-hybridized carbons (Fsp3) is 0.107. The molecule has 1 amide bonds. The van der Waals surface area contributed by atoms with Gasteiger partial charge in [0.25, 0.3) is 11.7 Å². The third-order valence-corrected chi connectivity index (χ3v) is 6.28. The number of hydrogen-bond acceptors (Lipinski definition) is 4. The zero-order valence-corrected chi connectivity index (χ0v) is 18.3. The standard InChI is InChI=1S/C28H22N2O3/c1-17-10-11-21(16-18(17)2)30-25(20-12-14-29-15-13-20)24(27(32)28(30)33)26(31)23-9-5-7-19-6-3-4-8-22(19)23/h3-16,25,31H,1-2H3/b26-24-. The van der Waals surface area contributed by atoms with Gasteiger partial charge in [0.2, 0.25) is 0 Å². The van der Waals surface area contributed by atoms with Crippen LogP contribution in [0, 0.1) is 13.8 Å². The number of nitrogens with zero attached hydrogens (tertiary/aromatic N) is 2. The van der Waals surface area contributed by atoms with Crippen molar-refractivity contribution in [3.63, 3.8) is 0 Å². The van der Waals surface area contributed by atoms with Crippen molar-refractivity contribution in [1.29, 1.82) is 0 Å². The number of hydrogen-bond donors (Lipinski definition) is 1. The molecule has 5 heteroatoms. The zero-order chi connectivity index (χ0) is 23.1. The summed E-state index contributed by atoms with van der Waals surface area (Å²) in [6, 6.07) is 21.6. The normalized spacial score (nSPS) is 17.6. The third kappa shape index (κ3) is 3.38. The van der Waals surface area contributed by atoms with Crippen LogP contribution in [-0.2, 0) is 9.59 Å². The molecule has 0 radical (unpaired) electrons. The second-order valence-electron chi connectivity index (χ2n) is 8.24. The van der Waals surface area contributed by atoms with Crippen molar-refractivity contribution < 1.29 is 14.7 Å². The van der Waals surface area contributed by atoms with Gasteiger partial charge in [-0.2, -0.15) is 0 Å². The van der Waals surface area contributed by atoms with E-state index in [1.165, 1.54) is 4.90 Å². The minimum absolute atomic E-state index is 0.0702.